The van der Waals surface area contributed by atoms with Crippen molar-refractivity contribution in [3.63, 3.8) is 0 Å². The highest BCUT2D eigenvalue weighted by molar-refractivity contribution is 7.48. The molecule has 282 valence electrons. The smallest absolute Gasteiger partial charge is 0.387 e. The highest BCUT2D eigenvalue weighted by atomic mass is 31.2. The molecule has 0 bridgehead atoms. The minimum atomic E-state index is -5.40. The zero-order valence-electron chi connectivity index (χ0n) is 28.8. The van der Waals surface area contributed by atoms with Crippen LogP contribution in [0, 0.1) is 0 Å². The van der Waals surface area contributed by atoms with E-state index in [-0.39, 0.29) is 30.0 Å². The number of nitrogens with zero attached hydrogens (tertiary/aromatic N) is 8. The third-order valence-corrected chi connectivity index (χ3v) is 9.83. The summed E-state index contributed by atoms with van der Waals surface area (Å²) >= 11 is 0. The molecule has 55 heavy (non-hydrogen) atoms. The van der Waals surface area contributed by atoms with Crippen molar-refractivity contribution in [1.82, 2.24) is 19.5 Å². The second-order valence-electron chi connectivity index (χ2n) is 12.5. The molecule has 2 aromatic heterocycles. The number of aromatic nitrogens is 4. The van der Waals surface area contributed by atoms with Crippen LogP contribution < -0.4 is 10.8 Å². The van der Waals surface area contributed by atoms with E-state index in [2.05, 4.69) is 25.0 Å². The minimum absolute atomic E-state index is 0.0220. The summed E-state index contributed by atoms with van der Waals surface area (Å²) < 4.78 is 31.0. The van der Waals surface area contributed by atoms with E-state index in [1.807, 2.05) is 60.7 Å². The van der Waals surface area contributed by atoms with Gasteiger partial charge in [-0.1, -0.05) is 102 Å². The number of hydrogen-bond donors (Lipinski definition) is 4. The summed E-state index contributed by atoms with van der Waals surface area (Å²) in [6.45, 7) is -1.12. The molecule has 0 saturated carbocycles. The van der Waals surface area contributed by atoms with Gasteiger partial charge in [-0.05, 0) is 28.1 Å². The number of aliphatic hydroxyl groups is 2. The van der Waals surface area contributed by atoms with Gasteiger partial charge < -0.3 is 25.2 Å². The number of hydrogen-bond acceptors (Lipinski definition) is 14. The maximum absolute atomic E-state index is 14.2. The van der Waals surface area contributed by atoms with Crippen LogP contribution in [0.15, 0.2) is 121 Å². The number of anilines is 2. The minimum Gasteiger partial charge on any atom is -0.387 e. The van der Waals surface area contributed by atoms with Crippen molar-refractivity contribution in [3.8, 4) is 0 Å². The average molecular weight is 768 g/mol. The Balaban J connectivity index is 1.17. The summed E-state index contributed by atoms with van der Waals surface area (Å²) in [4.78, 5) is 46.3. The predicted molar refractivity (Wildman–Crippen MR) is 197 cm³/mol. The number of ether oxygens (including phenoxy) is 1. The van der Waals surface area contributed by atoms with Gasteiger partial charge in [0.2, 0.25) is 5.72 Å². The van der Waals surface area contributed by atoms with Crippen LogP contribution in [0.3, 0.4) is 0 Å². The third kappa shape index (κ3) is 7.84. The fourth-order valence-corrected chi connectivity index (χ4v) is 7.03. The number of imidazole rings is 1. The van der Waals surface area contributed by atoms with Crippen molar-refractivity contribution in [2.45, 2.75) is 43.2 Å². The first-order chi connectivity index (χ1) is 26.6. The molecule has 5 N–H and O–H groups in total. The molecule has 0 aliphatic carbocycles. The molecule has 0 spiro atoms. The molecule has 0 radical (unpaired) electrons. The number of aliphatic hydroxyl groups excluding tert-OH is 2. The number of hydroxylamine groups is 1. The highest BCUT2D eigenvalue weighted by Crippen LogP contribution is 2.48. The highest BCUT2D eigenvalue weighted by Gasteiger charge is 2.56. The summed E-state index contributed by atoms with van der Waals surface area (Å²) in [7, 11) is -5.40. The number of phosphoric acid groups is 1. The Morgan fingerprint density at radius 2 is 1.69 bits per heavy atom. The van der Waals surface area contributed by atoms with Gasteiger partial charge in [0.25, 0.3) is 0 Å². The lowest BCUT2D eigenvalue weighted by molar-refractivity contribution is -0.142. The molecule has 4 aromatic carbocycles. The standard InChI is InChI=1S/C36H34N9O9P/c37-32-29-33(40-21-39-32)44(22-41-29)34-30(46)31(47)36(53-34,42-43-38)20-52-55(49,50)54-35(48)28(18-23-10-3-1-4-11-23)45(51-19-24-12-5-2-6-13-24)27-17-9-15-25-14-7-8-16-26(25)27/h1-17,21-22,28,30-31,34,46-47H,18-20H2,(H,49,50)(H2,37,39,40)/t28-,30+,31-,34+,36+/m0/s1. The van der Waals surface area contributed by atoms with Crippen molar-refractivity contribution in [1.29, 1.82) is 0 Å². The van der Waals surface area contributed by atoms with E-state index >= 15 is 0 Å². The van der Waals surface area contributed by atoms with Crippen LogP contribution in [-0.2, 0) is 41.0 Å². The molecule has 1 saturated heterocycles. The molecular weight excluding hydrogens is 733 g/mol. The molecule has 1 fully saturated rings. The van der Waals surface area contributed by atoms with Crippen LogP contribution in [-0.4, -0.2) is 71.2 Å². The average Bonchev–Trinajstić information content (AvgIpc) is 3.73. The lowest BCUT2D eigenvalue weighted by Gasteiger charge is -2.32. The Kier molecular flexibility index (Phi) is 10.7. The fraction of sp³-hybridized carbons (Fsp3) is 0.222. The largest absolute Gasteiger partial charge is 0.529 e. The number of fused-ring (bicyclic) bond motifs is 2. The van der Waals surface area contributed by atoms with Gasteiger partial charge in [-0.15, -0.1) is 0 Å². The van der Waals surface area contributed by atoms with Gasteiger partial charge in [-0.2, -0.15) is 0 Å². The zero-order chi connectivity index (χ0) is 38.6. The Hall–Kier alpha value is -5.94. The van der Waals surface area contributed by atoms with Gasteiger partial charge >= 0.3 is 13.8 Å². The van der Waals surface area contributed by atoms with E-state index in [4.69, 9.17) is 24.4 Å². The number of nitrogens with two attached hydrogens (primary N) is 1. The predicted octanol–water partition coefficient (Wildman–Crippen LogP) is 4.73. The van der Waals surface area contributed by atoms with E-state index in [1.165, 1.54) is 16.0 Å². The number of nitrogen functional groups attached to an aromatic ring is 1. The van der Waals surface area contributed by atoms with Crippen LogP contribution in [0.5, 0.6) is 0 Å². The first kappa shape index (κ1) is 37.4. The summed E-state index contributed by atoms with van der Waals surface area (Å²) in [6.07, 6.45) is -2.99. The van der Waals surface area contributed by atoms with Gasteiger partial charge in [0.1, 0.15) is 24.1 Å². The summed E-state index contributed by atoms with van der Waals surface area (Å²) in [5.41, 5.74) is 15.0. The quantitative estimate of drug-likeness (QED) is 0.0385. The van der Waals surface area contributed by atoms with Crippen LogP contribution in [0.4, 0.5) is 11.5 Å². The topological polar surface area (TPSA) is 253 Å². The van der Waals surface area contributed by atoms with E-state index in [1.54, 1.807) is 42.5 Å². The van der Waals surface area contributed by atoms with Crippen LogP contribution in [0.1, 0.15) is 17.4 Å². The molecule has 19 heteroatoms. The lowest BCUT2D eigenvalue weighted by Crippen LogP contribution is -2.45. The number of azide groups is 1. The van der Waals surface area contributed by atoms with Gasteiger partial charge in [0.05, 0.1) is 25.2 Å². The molecule has 7 rings (SSSR count). The monoisotopic (exact) mass is 767 g/mol. The fourth-order valence-electron chi connectivity index (χ4n) is 6.28. The summed E-state index contributed by atoms with van der Waals surface area (Å²) in [6, 6.07) is 29.7. The van der Waals surface area contributed by atoms with E-state index in [0.717, 1.165) is 22.7 Å². The van der Waals surface area contributed by atoms with Crippen molar-refractivity contribution >= 4 is 47.2 Å². The second-order valence-corrected chi connectivity index (χ2v) is 13.9. The van der Waals surface area contributed by atoms with Crippen molar-refractivity contribution in [2.75, 3.05) is 17.4 Å². The second kappa shape index (κ2) is 15.8. The molecule has 0 amide bonds. The molecule has 1 aliphatic heterocycles. The molecule has 18 nitrogen and oxygen atoms in total. The van der Waals surface area contributed by atoms with E-state index in [9.17, 15) is 30.0 Å². The van der Waals surface area contributed by atoms with Crippen molar-refractivity contribution in [2.24, 2.45) is 5.11 Å². The lowest BCUT2D eigenvalue weighted by atomic mass is 10.0. The van der Waals surface area contributed by atoms with Gasteiger partial charge in [-0.25, -0.2) is 29.4 Å². The maximum atomic E-state index is 14.2. The molecule has 6 aromatic rings. The molecule has 3 heterocycles. The number of carbonyl (C=O) groups excluding carboxylic acids is 1. The molecule has 6 atom stereocenters. The van der Waals surface area contributed by atoms with E-state index < -0.39 is 50.6 Å². The Bertz CT molecular complexity index is 2400. The molecular formula is C36H34N9O9P. The van der Waals surface area contributed by atoms with Crippen LogP contribution in [0.2, 0.25) is 0 Å². The number of rotatable bonds is 14. The van der Waals surface area contributed by atoms with Crippen LogP contribution in [0.25, 0.3) is 32.4 Å². The maximum Gasteiger partial charge on any atom is 0.529 e. The number of carbonyl (C=O) groups is 1. The first-order valence-corrected chi connectivity index (χ1v) is 18.3. The Labute approximate surface area is 312 Å². The van der Waals surface area contributed by atoms with Gasteiger partial charge in [0, 0.05) is 16.7 Å². The van der Waals surface area contributed by atoms with Gasteiger partial charge in [0.15, 0.2) is 23.7 Å². The zero-order valence-corrected chi connectivity index (χ0v) is 29.7. The molecule has 1 unspecified atom stereocenters. The van der Waals surface area contributed by atoms with Crippen LogP contribution >= 0.6 is 7.82 Å². The van der Waals surface area contributed by atoms with Crippen molar-refractivity contribution in [3.05, 3.63) is 137 Å². The summed E-state index contributed by atoms with van der Waals surface area (Å²) in [5.74, 6) is -1.18. The normalized spacial score (nSPS) is 21.1. The Morgan fingerprint density at radius 1 is 1.00 bits per heavy atom. The molecule has 1 aliphatic rings. The number of benzene rings is 4. The first-order valence-electron chi connectivity index (χ1n) is 16.8. The van der Waals surface area contributed by atoms with E-state index in [0.29, 0.717) is 11.3 Å². The van der Waals surface area contributed by atoms with Crippen molar-refractivity contribution < 1.29 is 43.1 Å². The SMILES string of the molecule is [N-]=[N+]=N[C@]1(COP(=O)(O)OC(=O)[C@H](Cc2ccccc2)N(OCc2ccccc2)c2cccc3ccccc23)O[C@@H](n2cnc3c(N)ncnc32)[C@H](O)[C@@H]1O. The Morgan fingerprint density at radius 3 is 2.44 bits per heavy atom. The number of phosphoric ester groups is 1. The third-order valence-electron chi connectivity index (χ3n) is 8.96. The van der Waals surface area contributed by atoms with Gasteiger partial charge in [-0.3, -0.25) is 18.8 Å². The summed E-state index contributed by atoms with van der Waals surface area (Å²) in [5, 5.41) is 28.5.